The first-order valence-electron chi connectivity index (χ1n) is 7.22. The summed E-state index contributed by atoms with van der Waals surface area (Å²) in [5.74, 6) is -0.157. The molecule has 2 N–H and O–H groups in total. The van der Waals surface area contributed by atoms with Gasteiger partial charge < -0.3 is 10.6 Å². The molecule has 1 aliphatic rings. The van der Waals surface area contributed by atoms with E-state index in [4.69, 9.17) is 0 Å². The second kappa shape index (κ2) is 5.56. The third kappa shape index (κ3) is 2.89. The molecule has 1 unspecified atom stereocenters. The molecule has 1 heterocycles. The molecule has 4 nitrogen and oxygen atoms in total. The zero-order valence-corrected chi connectivity index (χ0v) is 11.9. The van der Waals surface area contributed by atoms with E-state index >= 15 is 0 Å². The van der Waals surface area contributed by atoms with Crippen LogP contribution in [0, 0.1) is 0 Å². The van der Waals surface area contributed by atoms with Crippen molar-refractivity contribution < 1.29 is 9.59 Å². The zero-order chi connectivity index (χ0) is 14.8. The van der Waals surface area contributed by atoms with Gasteiger partial charge in [0.1, 0.15) is 6.04 Å². The highest BCUT2D eigenvalue weighted by molar-refractivity contribution is 5.91. The molecule has 21 heavy (non-hydrogen) atoms. The van der Waals surface area contributed by atoms with Crippen LogP contribution in [0.5, 0.6) is 0 Å². The van der Waals surface area contributed by atoms with Crippen LogP contribution >= 0.6 is 0 Å². The van der Waals surface area contributed by atoms with E-state index in [0.717, 1.165) is 10.9 Å². The summed E-state index contributed by atoms with van der Waals surface area (Å²) in [6.07, 6.45) is 1.01. The number of nitrogens with one attached hydrogen (secondary N) is 2. The lowest BCUT2D eigenvalue weighted by Crippen LogP contribution is -2.42. The highest BCUT2D eigenvalue weighted by Crippen LogP contribution is 2.20. The third-order valence-electron chi connectivity index (χ3n) is 3.94. The van der Waals surface area contributed by atoms with Crippen molar-refractivity contribution in [2.45, 2.75) is 31.8 Å². The van der Waals surface area contributed by atoms with Crippen LogP contribution < -0.4 is 10.6 Å². The summed E-state index contributed by atoms with van der Waals surface area (Å²) < 4.78 is 0. The van der Waals surface area contributed by atoms with Crippen molar-refractivity contribution in [3.05, 3.63) is 48.0 Å². The predicted octanol–water partition coefficient (Wildman–Crippen LogP) is 2.30. The van der Waals surface area contributed by atoms with Gasteiger partial charge in [-0.3, -0.25) is 9.59 Å². The minimum absolute atomic E-state index is 0.0477. The number of amides is 2. The van der Waals surface area contributed by atoms with Crippen LogP contribution in [0.2, 0.25) is 0 Å². The average Bonchev–Trinajstić information content (AvgIpc) is 2.93. The van der Waals surface area contributed by atoms with Gasteiger partial charge in [0.2, 0.25) is 11.8 Å². The van der Waals surface area contributed by atoms with E-state index < -0.39 is 0 Å². The van der Waals surface area contributed by atoms with Gasteiger partial charge in [-0.25, -0.2) is 0 Å². The van der Waals surface area contributed by atoms with E-state index in [-0.39, 0.29) is 23.9 Å². The van der Waals surface area contributed by atoms with Gasteiger partial charge in [0.25, 0.3) is 0 Å². The van der Waals surface area contributed by atoms with E-state index in [0.29, 0.717) is 12.8 Å². The van der Waals surface area contributed by atoms with Crippen LogP contribution in [0.25, 0.3) is 10.8 Å². The van der Waals surface area contributed by atoms with Crippen molar-refractivity contribution in [2.75, 3.05) is 0 Å². The molecule has 4 heteroatoms. The Labute approximate surface area is 123 Å². The quantitative estimate of drug-likeness (QED) is 0.907. The molecule has 3 rings (SSSR count). The Bertz CT molecular complexity index is 696. The number of carbonyl (C=O) groups is 2. The lowest BCUT2D eigenvalue weighted by atomic mass is 10.0. The van der Waals surface area contributed by atoms with Crippen LogP contribution in [-0.4, -0.2) is 17.9 Å². The van der Waals surface area contributed by atoms with Crippen molar-refractivity contribution in [2.24, 2.45) is 0 Å². The molecule has 108 valence electrons. The van der Waals surface area contributed by atoms with Crippen LogP contribution in [0.15, 0.2) is 42.5 Å². The van der Waals surface area contributed by atoms with Crippen molar-refractivity contribution in [1.29, 1.82) is 0 Å². The third-order valence-corrected chi connectivity index (χ3v) is 3.94. The number of carbonyl (C=O) groups excluding carboxylic acids is 2. The smallest absolute Gasteiger partial charge is 0.243 e. The fraction of sp³-hybridized carbons (Fsp3) is 0.294. The van der Waals surface area contributed by atoms with E-state index in [2.05, 4.69) is 34.9 Å². The highest BCUT2D eigenvalue weighted by atomic mass is 16.2. The van der Waals surface area contributed by atoms with Gasteiger partial charge in [0.05, 0.1) is 6.04 Å². The molecule has 0 aliphatic carbocycles. The summed E-state index contributed by atoms with van der Waals surface area (Å²) >= 11 is 0. The molecule has 2 aromatic rings. The molecule has 0 saturated carbocycles. The van der Waals surface area contributed by atoms with Crippen LogP contribution in [-0.2, 0) is 9.59 Å². The van der Waals surface area contributed by atoms with Crippen molar-refractivity contribution in [3.63, 3.8) is 0 Å². The van der Waals surface area contributed by atoms with Gasteiger partial charge in [-0.15, -0.1) is 0 Å². The van der Waals surface area contributed by atoms with Gasteiger partial charge in [-0.1, -0.05) is 36.4 Å². The zero-order valence-electron chi connectivity index (χ0n) is 11.9. The van der Waals surface area contributed by atoms with E-state index in [1.807, 2.05) is 25.1 Å². The number of rotatable bonds is 3. The van der Waals surface area contributed by atoms with Gasteiger partial charge >= 0.3 is 0 Å². The van der Waals surface area contributed by atoms with Gasteiger partial charge in [0, 0.05) is 6.42 Å². The van der Waals surface area contributed by atoms with Gasteiger partial charge in [-0.05, 0) is 35.7 Å². The van der Waals surface area contributed by atoms with Crippen molar-refractivity contribution in [3.8, 4) is 0 Å². The first-order chi connectivity index (χ1) is 10.1. The molecule has 2 amide bonds. The van der Waals surface area contributed by atoms with Crippen LogP contribution in [0.3, 0.4) is 0 Å². The molecular weight excluding hydrogens is 264 g/mol. The normalized spacial score (nSPS) is 19.3. The molecule has 2 atom stereocenters. The largest absolute Gasteiger partial charge is 0.348 e. The second-order valence-corrected chi connectivity index (χ2v) is 5.50. The number of hydrogen-bond acceptors (Lipinski definition) is 2. The van der Waals surface area contributed by atoms with E-state index in [1.54, 1.807) is 0 Å². The Morgan fingerprint density at radius 2 is 2.00 bits per heavy atom. The van der Waals surface area contributed by atoms with E-state index in [9.17, 15) is 9.59 Å². The van der Waals surface area contributed by atoms with Crippen molar-refractivity contribution in [1.82, 2.24) is 10.6 Å². The second-order valence-electron chi connectivity index (χ2n) is 5.50. The standard InChI is InChI=1S/C17H18N2O2/c1-11(18-17(21)15-8-9-16(20)19-15)13-7-6-12-4-2-3-5-14(12)10-13/h2-7,10-11,15H,8-9H2,1H3,(H,18,21)(H,19,20)/t11?,15-/m1/s1. The van der Waals surface area contributed by atoms with Gasteiger partial charge in [0.15, 0.2) is 0 Å². The number of hydrogen-bond donors (Lipinski definition) is 2. The molecule has 0 spiro atoms. The van der Waals surface area contributed by atoms with Gasteiger partial charge in [-0.2, -0.15) is 0 Å². The Morgan fingerprint density at radius 3 is 2.71 bits per heavy atom. The maximum Gasteiger partial charge on any atom is 0.243 e. The molecule has 0 aromatic heterocycles. The maximum absolute atomic E-state index is 12.1. The molecule has 1 saturated heterocycles. The van der Waals surface area contributed by atoms with Crippen LogP contribution in [0.4, 0.5) is 0 Å². The maximum atomic E-state index is 12.1. The van der Waals surface area contributed by atoms with Crippen molar-refractivity contribution >= 4 is 22.6 Å². The summed E-state index contributed by atoms with van der Waals surface area (Å²) in [5, 5.41) is 8.00. The summed E-state index contributed by atoms with van der Waals surface area (Å²) in [6, 6.07) is 13.8. The first kappa shape index (κ1) is 13.6. The number of fused-ring (bicyclic) bond motifs is 1. The Hall–Kier alpha value is -2.36. The molecule has 1 aliphatic heterocycles. The Morgan fingerprint density at radius 1 is 1.24 bits per heavy atom. The predicted molar refractivity (Wildman–Crippen MR) is 81.7 cm³/mol. The summed E-state index contributed by atoms with van der Waals surface area (Å²) in [5.41, 5.74) is 1.06. The van der Waals surface area contributed by atoms with Crippen LogP contribution in [0.1, 0.15) is 31.4 Å². The molecule has 2 aromatic carbocycles. The lowest BCUT2D eigenvalue weighted by molar-refractivity contribution is -0.126. The summed E-state index contributed by atoms with van der Waals surface area (Å²) in [6.45, 7) is 1.96. The minimum atomic E-state index is -0.389. The minimum Gasteiger partial charge on any atom is -0.348 e. The average molecular weight is 282 g/mol. The highest BCUT2D eigenvalue weighted by Gasteiger charge is 2.27. The molecule has 0 radical (unpaired) electrons. The molecule has 1 fully saturated rings. The topological polar surface area (TPSA) is 58.2 Å². The monoisotopic (exact) mass is 282 g/mol. The first-order valence-corrected chi connectivity index (χ1v) is 7.22. The summed E-state index contributed by atoms with van der Waals surface area (Å²) in [4.78, 5) is 23.3. The fourth-order valence-corrected chi connectivity index (χ4v) is 2.69. The molecule has 0 bridgehead atoms. The van der Waals surface area contributed by atoms with E-state index in [1.165, 1.54) is 5.39 Å². The Kier molecular flexibility index (Phi) is 3.60. The summed E-state index contributed by atoms with van der Waals surface area (Å²) in [7, 11) is 0. The Balaban J connectivity index is 1.72. The molecular formula is C17H18N2O2. The number of benzene rings is 2. The lowest BCUT2D eigenvalue weighted by Gasteiger charge is -2.18. The SMILES string of the molecule is CC(NC(=O)[C@H]1CCC(=O)N1)c1ccc2ccccc2c1. The fourth-order valence-electron chi connectivity index (χ4n) is 2.69.